The maximum absolute atomic E-state index is 5.50. The number of rotatable bonds is 2. The van der Waals surface area contributed by atoms with Gasteiger partial charge in [-0.2, -0.15) is 0 Å². The number of pyridine rings is 1. The van der Waals surface area contributed by atoms with Crippen molar-refractivity contribution in [1.29, 1.82) is 0 Å². The number of hydrogen-bond donors (Lipinski definition) is 0. The van der Waals surface area contributed by atoms with Crippen molar-refractivity contribution in [3.8, 4) is 11.3 Å². The van der Waals surface area contributed by atoms with E-state index in [1.54, 1.807) is 12.3 Å². The highest BCUT2D eigenvalue weighted by atomic mass is 14.7. The third-order valence-corrected chi connectivity index (χ3v) is 2.00. The van der Waals surface area contributed by atoms with Crippen LogP contribution in [0.5, 0.6) is 0 Å². The van der Waals surface area contributed by atoms with Crippen LogP contribution in [0.15, 0.2) is 42.6 Å². The lowest BCUT2D eigenvalue weighted by Gasteiger charge is -2.03. The van der Waals surface area contributed by atoms with E-state index in [-0.39, 0.29) is 0 Å². The SMILES string of the molecule is [CH]=Cc1[c]cccc1-c1ccccn1. The molecule has 0 fully saturated rings. The molecule has 0 aliphatic heterocycles. The fourth-order valence-electron chi connectivity index (χ4n) is 1.33. The third kappa shape index (κ3) is 1.57. The summed E-state index contributed by atoms with van der Waals surface area (Å²) >= 11 is 0. The summed E-state index contributed by atoms with van der Waals surface area (Å²) in [5.74, 6) is 0. The van der Waals surface area contributed by atoms with Crippen LogP contribution in [-0.4, -0.2) is 4.98 Å². The minimum absolute atomic E-state index is 0.881. The fourth-order valence-corrected chi connectivity index (χ4v) is 1.33. The van der Waals surface area contributed by atoms with E-state index < -0.39 is 0 Å². The summed E-state index contributed by atoms with van der Waals surface area (Å²) in [5.41, 5.74) is 2.81. The first-order chi connectivity index (χ1) is 6.92. The Hall–Kier alpha value is -1.89. The molecule has 14 heavy (non-hydrogen) atoms. The molecule has 0 atom stereocenters. The first kappa shape index (κ1) is 8.70. The molecule has 2 radical (unpaired) electrons. The Balaban J connectivity index is 2.57. The van der Waals surface area contributed by atoms with E-state index in [1.807, 2.05) is 36.4 Å². The minimum Gasteiger partial charge on any atom is -0.256 e. The van der Waals surface area contributed by atoms with Crippen LogP contribution >= 0.6 is 0 Å². The Kier molecular flexibility index (Phi) is 2.41. The largest absolute Gasteiger partial charge is 0.256 e. The molecule has 2 aromatic rings. The van der Waals surface area contributed by atoms with Crippen molar-refractivity contribution < 1.29 is 0 Å². The molecule has 0 bridgehead atoms. The Morgan fingerprint density at radius 2 is 2.14 bits per heavy atom. The van der Waals surface area contributed by atoms with Crippen molar-refractivity contribution in [2.24, 2.45) is 0 Å². The van der Waals surface area contributed by atoms with Gasteiger partial charge in [-0.15, -0.1) is 0 Å². The highest BCUT2D eigenvalue weighted by Crippen LogP contribution is 2.21. The van der Waals surface area contributed by atoms with Gasteiger partial charge in [0.1, 0.15) is 0 Å². The molecular weight excluding hydrogens is 170 g/mol. The fraction of sp³-hybridized carbons (Fsp3) is 0. The molecule has 0 unspecified atom stereocenters. The van der Waals surface area contributed by atoms with Crippen molar-refractivity contribution in [3.63, 3.8) is 0 Å². The summed E-state index contributed by atoms with van der Waals surface area (Å²) in [6, 6.07) is 14.6. The van der Waals surface area contributed by atoms with Gasteiger partial charge in [0.15, 0.2) is 0 Å². The average Bonchev–Trinajstić information content (AvgIpc) is 2.30. The van der Waals surface area contributed by atoms with Crippen LogP contribution in [-0.2, 0) is 0 Å². The zero-order valence-corrected chi connectivity index (χ0v) is 7.64. The van der Waals surface area contributed by atoms with Crippen molar-refractivity contribution in [2.45, 2.75) is 0 Å². The second kappa shape index (κ2) is 3.88. The summed E-state index contributed by atoms with van der Waals surface area (Å²) in [5, 5.41) is 0. The smallest absolute Gasteiger partial charge is 0.0708 e. The molecule has 1 heterocycles. The zero-order chi connectivity index (χ0) is 9.80. The average molecular weight is 179 g/mol. The van der Waals surface area contributed by atoms with Gasteiger partial charge in [-0.25, -0.2) is 0 Å². The van der Waals surface area contributed by atoms with Crippen molar-refractivity contribution in [3.05, 3.63) is 60.8 Å². The number of nitrogens with zero attached hydrogens (tertiary/aromatic N) is 1. The maximum Gasteiger partial charge on any atom is 0.0708 e. The molecule has 1 nitrogen and oxygen atoms in total. The van der Waals surface area contributed by atoms with Crippen molar-refractivity contribution >= 4 is 6.08 Å². The molecule has 0 aliphatic rings. The van der Waals surface area contributed by atoms with Gasteiger partial charge < -0.3 is 0 Å². The lowest BCUT2D eigenvalue weighted by atomic mass is 10.0. The molecule has 0 spiro atoms. The van der Waals surface area contributed by atoms with Crippen LogP contribution in [0.1, 0.15) is 5.56 Å². The molecule has 1 aromatic carbocycles. The van der Waals surface area contributed by atoms with Gasteiger partial charge in [-0.05, 0) is 23.8 Å². The van der Waals surface area contributed by atoms with Crippen molar-refractivity contribution in [1.82, 2.24) is 4.98 Å². The summed E-state index contributed by atoms with van der Waals surface area (Å²) in [4.78, 5) is 4.26. The van der Waals surface area contributed by atoms with Gasteiger partial charge in [0.05, 0.1) is 5.69 Å². The van der Waals surface area contributed by atoms with Crippen LogP contribution < -0.4 is 0 Å². The first-order valence-corrected chi connectivity index (χ1v) is 4.39. The van der Waals surface area contributed by atoms with E-state index in [9.17, 15) is 0 Å². The lowest BCUT2D eigenvalue weighted by molar-refractivity contribution is 1.32. The standard InChI is InChI=1S/C13H9N/c1-2-11-7-3-4-8-12(11)13-9-5-6-10-14-13/h1-6,8-10H. The normalized spacial score (nSPS) is 9.71. The van der Waals surface area contributed by atoms with Crippen LogP contribution in [0.25, 0.3) is 17.3 Å². The quantitative estimate of drug-likeness (QED) is 0.690. The second-order valence-electron chi connectivity index (χ2n) is 2.88. The van der Waals surface area contributed by atoms with Crippen molar-refractivity contribution in [2.75, 3.05) is 0 Å². The highest BCUT2D eigenvalue weighted by molar-refractivity contribution is 5.71. The number of benzene rings is 1. The molecule has 0 amide bonds. The highest BCUT2D eigenvalue weighted by Gasteiger charge is 2.01. The molecular formula is C13H9N. The molecule has 0 N–H and O–H groups in total. The van der Waals surface area contributed by atoms with Gasteiger partial charge in [-0.1, -0.05) is 36.9 Å². The predicted molar refractivity (Wildman–Crippen MR) is 57.3 cm³/mol. The van der Waals surface area contributed by atoms with E-state index in [2.05, 4.69) is 11.1 Å². The molecule has 1 aromatic heterocycles. The van der Waals surface area contributed by atoms with Crippen LogP contribution in [0, 0.1) is 12.6 Å². The molecule has 0 saturated carbocycles. The van der Waals surface area contributed by atoms with Gasteiger partial charge in [0.25, 0.3) is 0 Å². The first-order valence-electron chi connectivity index (χ1n) is 4.39. The van der Waals surface area contributed by atoms with Crippen LogP contribution in [0.4, 0.5) is 0 Å². The lowest BCUT2D eigenvalue weighted by Crippen LogP contribution is -1.85. The molecule has 0 saturated heterocycles. The summed E-state index contributed by atoms with van der Waals surface area (Å²) < 4.78 is 0. The van der Waals surface area contributed by atoms with E-state index in [0.29, 0.717) is 0 Å². The van der Waals surface area contributed by atoms with E-state index in [4.69, 9.17) is 6.58 Å². The maximum atomic E-state index is 5.50. The van der Waals surface area contributed by atoms with E-state index >= 15 is 0 Å². The molecule has 2 rings (SSSR count). The monoisotopic (exact) mass is 179 g/mol. The summed E-state index contributed by atoms with van der Waals surface area (Å²) in [7, 11) is 0. The minimum atomic E-state index is 0.881. The van der Waals surface area contributed by atoms with Gasteiger partial charge in [-0.3, -0.25) is 4.98 Å². The van der Waals surface area contributed by atoms with E-state index in [0.717, 1.165) is 16.8 Å². The number of hydrogen-bond acceptors (Lipinski definition) is 1. The summed E-state index contributed by atoms with van der Waals surface area (Å²) in [6.07, 6.45) is 3.31. The Morgan fingerprint density at radius 1 is 1.21 bits per heavy atom. The van der Waals surface area contributed by atoms with Gasteiger partial charge in [0.2, 0.25) is 0 Å². The topological polar surface area (TPSA) is 12.9 Å². The third-order valence-electron chi connectivity index (χ3n) is 2.00. The second-order valence-corrected chi connectivity index (χ2v) is 2.88. The summed E-state index contributed by atoms with van der Waals surface area (Å²) in [6.45, 7) is 5.50. The molecule has 1 heteroatoms. The number of aromatic nitrogens is 1. The Morgan fingerprint density at radius 3 is 2.86 bits per heavy atom. The molecule has 0 aliphatic carbocycles. The zero-order valence-electron chi connectivity index (χ0n) is 7.64. The Bertz CT molecular complexity index is 432. The predicted octanol–water partition coefficient (Wildman–Crippen LogP) is 2.99. The van der Waals surface area contributed by atoms with Crippen LogP contribution in [0.2, 0.25) is 0 Å². The van der Waals surface area contributed by atoms with E-state index in [1.165, 1.54) is 0 Å². The Labute approximate surface area is 83.7 Å². The molecule has 66 valence electrons. The van der Waals surface area contributed by atoms with Gasteiger partial charge in [0, 0.05) is 11.8 Å². The van der Waals surface area contributed by atoms with Crippen LogP contribution in [0.3, 0.4) is 0 Å². The van der Waals surface area contributed by atoms with Gasteiger partial charge >= 0.3 is 0 Å².